The summed E-state index contributed by atoms with van der Waals surface area (Å²) in [5.74, 6) is 1.68. The number of ether oxygens (including phenoxy) is 1. The molecule has 0 saturated carbocycles. The summed E-state index contributed by atoms with van der Waals surface area (Å²) in [4.78, 5) is 3.28. The van der Waals surface area contributed by atoms with Crippen LogP contribution >= 0.6 is 0 Å². The fourth-order valence-corrected chi connectivity index (χ4v) is 2.19. The summed E-state index contributed by atoms with van der Waals surface area (Å²) in [7, 11) is 1.69. The van der Waals surface area contributed by atoms with Gasteiger partial charge in [-0.3, -0.25) is 0 Å². The van der Waals surface area contributed by atoms with Gasteiger partial charge in [-0.2, -0.15) is 0 Å². The third-order valence-electron chi connectivity index (χ3n) is 3.19. The van der Waals surface area contributed by atoms with E-state index in [0.717, 1.165) is 30.1 Å². The van der Waals surface area contributed by atoms with Crippen molar-refractivity contribution in [3.8, 4) is 5.75 Å². The summed E-state index contributed by atoms with van der Waals surface area (Å²) < 4.78 is 10.5. The monoisotopic (exact) mass is 256 g/mol. The first-order valence-corrected chi connectivity index (χ1v) is 6.28. The van der Waals surface area contributed by atoms with E-state index in [2.05, 4.69) is 16.4 Å². The minimum atomic E-state index is 0.803. The summed E-state index contributed by atoms with van der Waals surface area (Å²) in [6.45, 7) is 0.831. The standard InChI is InChI=1S/C15H16N2O2/c1-18-12-4-5-14-13(9-12)11(10-17-14)6-7-16-15-3-2-8-19-15/h2-5,8-10,16-17H,6-7H2,1H3. The van der Waals surface area contributed by atoms with Gasteiger partial charge in [0.05, 0.1) is 13.4 Å². The molecule has 19 heavy (non-hydrogen) atoms. The van der Waals surface area contributed by atoms with Gasteiger partial charge in [-0.15, -0.1) is 0 Å². The topological polar surface area (TPSA) is 50.2 Å². The third-order valence-corrected chi connectivity index (χ3v) is 3.19. The maximum absolute atomic E-state index is 5.27. The number of rotatable bonds is 5. The second-order valence-corrected chi connectivity index (χ2v) is 4.38. The predicted molar refractivity (Wildman–Crippen MR) is 75.8 cm³/mol. The van der Waals surface area contributed by atoms with Crippen molar-refractivity contribution in [1.29, 1.82) is 0 Å². The normalized spacial score (nSPS) is 10.8. The van der Waals surface area contributed by atoms with Crippen LogP contribution in [0.1, 0.15) is 5.56 Å². The van der Waals surface area contributed by atoms with Crippen LogP contribution < -0.4 is 10.1 Å². The highest BCUT2D eigenvalue weighted by atomic mass is 16.5. The molecular weight excluding hydrogens is 240 g/mol. The summed E-state index contributed by atoms with van der Waals surface area (Å²) in [5.41, 5.74) is 2.40. The van der Waals surface area contributed by atoms with Crippen LogP contribution in [0.3, 0.4) is 0 Å². The Labute approximate surface area is 111 Å². The van der Waals surface area contributed by atoms with Crippen LogP contribution in [0.5, 0.6) is 5.75 Å². The van der Waals surface area contributed by atoms with Crippen molar-refractivity contribution in [2.75, 3.05) is 19.0 Å². The zero-order valence-corrected chi connectivity index (χ0v) is 10.8. The van der Waals surface area contributed by atoms with Crippen LogP contribution in [0.2, 0.25) is 0 Å². The molecule has 0 saturated heterocycles. The molecule has 0 unspecified atom stereocenters. The first-order chi connectivity index (χ1) is 9.36. The molecule has 2 N–H and O–H groups in total. The van der Waals surface area contributed by atoms with Crippen LogP contribution in [-0.2, 0) is 6.42 Å². The SMILES string of the molecule is COc1ccc2[nH]cc(CCNc3ccco3)c2c1. The molecule has 0 fully saturated rings. The Bertz CT molecular complexity index is 656. The molecule has 0 radical (unpaired) electrons. The molecule has 98 valence electrons. The van der Waals surface area contributed by atoms with E-state index < -0.39 is 0 Å². The Morgan fingerprint density at radius 3 is 3.05 bits per heavy atom. The quantitative estimate of drug-likeness (QED) is 0.735. The number of hydrogen-bond donors (Lipinski definition) is 2. The van der Waals surface area contributed by atoms with Gasteiger partial charge in [0.1, 0.15) is 5.75 Å². The van der Waals surface area contributed by atoms with E-state index in [0.29, 0.717) is 0 Å². The molecule has 2 heterocycles. The summed E-state index contributed by atoms with van der Waals surface area (Å²) in [5, 5.41) is 4.45. The second-order valence-electron chi connectivity index (χ2n) is 4.38. The Morgan fingerprint density at radius 1 is 1.32 bits per heavy atom. The molecule has 4 nitrogen and oxygen atoms in total. The Balaban J connectivity index is 1.73. The zero-order valence-electron chi connectivity index (χ0n) is 10.8. The summed E-state index contributed by atoms with van der Waals surface area (Å²) in [6.07, 6.45) is 4.64. The predicted octanol–water partition coefficient (Wildman–Crippen LogP) is 3.42. The van der Waals surface area contributed by atoms with Crippen molar-refractivity contribution >= 4 is 16.8 Å². The molecular formula is C15H16N2O2. The number of methoxy groups -OCH3 is 1. The van der Waals surface area contributed by atoms with E-state index in [-0.39, 0.29) is 0 Å². The number of aromatic nitrogens is 1. The molecule has 1 aromatic carbocycles. The van der Waals surface area contributed by atoms with Crippen molar-refractivity contribution in [1.82, 2.24) is 4.98 Å². The number of aromatic amines is 1. The van der Waals surface area contributed by atoms with E-state index in [9.17, 15) is 0 Å². The molecule has 0 amide bonds. The number of nitrogens with one attached hydrogen (secondary N) is 2. The maximum atomic E-state index is 5.27. The van der Waals surface area contributed by atoms with Crippen LogP contribution in [0.25, 0.3) is 10.9 Å². The molecule has 0 bridgehead atoms. The Morgan fingerprint density at radius 2 is 2.26 bits per heavy atom. The van der Waals surface area contributed by atoms with Gasteiger partial charge < -0.3 is 19.5 Å². The molecule has 2 aromatic heterocycles. The molecule has 0 aliphatic carbocycles. The lowest BCUT2D eigenvalue weighted by atomic mass is 10.1. The maximum Gasteiger partial charge on any atom is 0.192 e. The second kappa shape index (κ2) is 5.10. The lowest BCUT2D eigenvalue weighted by Crippen LogP contribution is -2.03. The van der Waals surface area contributed by atoms with Crippen molar-refractivity contribution < 1.29 is 9.15 Å². The van der Waals surface area contributed by atoms with Crippen molar-refractivity contribution in [2.24, 2.45) is 0 Å². The van der Waals surface area contributed by atoms with Gasteiger partial charge in [0.15, 0.2) is 5.88 Å². The van der Waals surface area contributed by atoms with E-state index in [4.69, 9.17) is 9.15 Å². The number of hydrogen-bond acceptors (Lipinski definition) is 3. The number of anilines is 1. The van der Waals surface area contributed by atoms with Gasteiger partial charge in [-0.05, 0) is 36.2 Å². The smallest absolute Gasteiger partial charge is 0.192 e. The van der Waals surface area contributed by atoms with Crippen molar-refractivity contribution in [2.45, 2.75) is 6.42 Å². The number of fused-ring (bicyclic) bond motifs is 1. The first kappa shape index (κ1) is 11.7. The highest BCUT2D eigenvalue weighted by Gasteiger charge is 2.05. The highest BCUT2D eigenvalue weighted by molar-refractivity contribution is 5.84. The van der Waals surface area contributed by atoms with Crippen molar-refractivity contribution in [3.63, 3.8) is 0 Å². The van der Waals surface area contributed by atoms with Crippen LogP contribution in [0.15, 0.2) is 47.2 Å². The third kappa shape index (κ3) is 2.42. The van der Waals surface area contributed by atoms with Gasteiger partial charge in [0.2, 0.25) is 0 Å². The lowest BCUT2D eigenvalue weighted by molar-refractivity contribution is 0.415. The van der Waals surface area contributed by atoms with Gasteiger partial charge in [-0.1, -0.05) is 0 Å². The van der Waals surface area contributed by atoms with Gasteiger partial charge in [0, 0.05) is 29.7 Å². The molecule has 0 aliphatic heterocycles. The zero-order chi connectivity index (χ0) is 13.1. The van der Waals surface area contributed by atoms with Gasteiger partial charge in [-0.25, -0.2) is 0 Å². The molecule has 4 heteroatoms. The van der Waals surface area contributed by atoms with Gasteiger partial charge in [0.25, 0.3) is 0 Å². The first-order valence-electron chi connectivity index (χ1n) is 6.28. The minimum absolute atomic E-state index is 0.803. The van der Waals surface area contributed by atoms with Gasteiger partial charge >= 0.3 is 0 Å². The lowest BCUT2D eigenvalue weighted by Gasteiger charge is -2.03. The van der Waals surface area contributed by atoms with Crippen molar-refractivity contribution in [3.05, 3.63) is 48.4 Å². The van der Waals surface area contributed by atoms with Crippen LogP contribution in [-0.4, -0.2) is 18.6 Å². The Hall–Kier alpha value is -2.36. The Kier molecular flexibility index (Phi) is 3.14. The fraction of sp³-hybridized carbons (Fsp3) is 0.200. The summed E-state index contributed by atoms with van der Waals surface area (Å²) >= 11 is 0. The van der Waals surface area contributed by atoms with E-state index in [1.807, 2.05) is 30.5 Å². The highest BCUT2D eigenvalue weighted by Crippen LogP contribution is 2.24. The van der Waals surface area contributed by atoms with E-state index >= 15 is 0 Å². The fourth-order valence-electron chi connectivity index (χ4n) is 2.19. The van der Waals surface area contributed by atoms with E-state index in [1.54, 1.807) is 13.4 Å². The molecule has 0 spiro atoms. The number of H-pyrrole nitrogens is 1. The van der Waals surface area contributed by atoms with Crippen LogP contribution in [0.4, 0.5) is 5.88 Å². The average Bonchev–Trinajstić information content (AvgIpc) is 3.08. The van der Waals surface area contributed by atoms with E-state index in [1.165, 1.54) is 10.9 Å². The minimum Gasteiger partial charge on any atom is -0.497 e. The molecule has 3 rings (SSSR count). The molecule has 0 aliphatic rings. The number of benzene rings is 1. The molecule has 3 aromatic rings. The van der Waals surface area contributed by atoms with Crippen LogP contribution in [0, 0.1) is 0 Å². The largest absolute Gasteiger partial charge is 0.497 e. The number of furan rings is 1. The average molecular weight is 256 g/mol. The molecule has 0 atom stereocenters. The summed E-state index contributed by atoms with van der Waals surface area (Å²) in [6, 6.07) is 9.85.